The molecule has 3 rings (SSSR count). The summed E-state index contributed by atoms with van der Waals surface area (Å²) in [5.74, 6) is -2.68. The molecule has 0 atom stereocenters. The number of rotatable bonds is 4. The fraction of sp³-hybridized carbons (Fsp3) is 0.0500. The van der Waals surface area contributed by atoms with E-state index >= 15 is 0 Å². The SMILES string of the molecule is N#C/C(=C\c1cccc(NC(=O)C(F)(F)F)c1)C(=O)c1c[nH]c2cc(Cl)ccc12. The van der Waals surface area contributed by atoms with E-state index in [9.17, 15) is 28.0 Å². The Balaban J connectivity index is 1.91. The number of nitriles is 1. The second kappa shape index (κ2) is 7.81. The number of nitrogens with zero attached hydrogens (tertiary/aromatic N) is 1. The van der Waals surface area contributed by atoms with Crippen LogP contribution in [0.4, 0.5) is 18.9 Å². The highest BCUT2D eigenvalue weighted by molar-refractivity contribution is 6.31. The molecule has 9 heteroatoms. The van der Waals surface area contributed by atoms with Crippen molar-refractivity contribution in [2.24, 2.45) is 0 Å². The maximum absolute atomic E-state index is 12.8. The lowest BCUT2D eigenvalue weighted by atomic mass is 10.0. The molecule has 1 heterocycles. The van der Waals surface area contributed by atoms with E-state index < -0.39 is 17.9 Å². The number of anilines is 1. The van der Waals surface area contributed by atoms with Gasteiger partial charge in [-0.2, -0.15) is 18.4 Å². The molecule has 0 aliphatic heterocycles. The summed E-state index contributed by atoms with van der Waals surface area (Å²) in [6.07, 6.45) is -2.34. The normalized spacial score (nSPS) is 11.9. The molecule has 0 unspecified atom stereocenters. The summed E-state index contributed by atoms with van der Waals surface area (Å²) < 4.78 is 37.2. The van der Waals surface area contributed by atoms with Crippen LogP contribution in [0.15, 0.2) is 54.2 Å². The van der Waals surface area contributed by atoms with Crippen molar-refractivity contribution in [2.45, 2.75) is 6.18 Å². The molecule has 1 aromatic heterocycles. The van der Waals surface area contributed by atoms with Crippen LogP contribution < -0.4 is 5.32 Å². The molecule has 0 aliphatic carbocycles. The number of aromatic nitrogens is 1. The number of halogens is 4. The molecule has 146 valence electrons. The highest BCUT2D eigenvalue weighted by atomic mass is 35.5. The van der Waals surface area contributed by atoms with Gasteiger partial charge in [0.2, 0.25) is 5.78 Å². The maximum Gasteiger partial charge on any atom is 0.471 e. The molecule has 0 spiro atoms. The number of hydrogen-bond acceptors (Lipinski definition) is 3. The third-order valence-corrected chi connectivity index (χ3v) is 4.20. The summed E-state index contributed by atoms with van der Waals surface area (Å²) in [6, 6.07) is 12.1. The van der Waals surface area contributed by atoms with Crippen molar-refractivity contribution >= 4 is 46.0 Å². The van der Waals surface area contributed by atoms with E-state index in [-0.39, 0.29) is 22.4 Å². The number of carbonyl (C=O) groups is 2. The first kappa shape index (κ1) is 20.2. The molecule has 5 nitrogen and oxygen atoms in total. The zero-order valence-corrected chi connectivity index (χ0v) is 15.2. The monoisotopic (exact) mass is 417 g/mol. The van der Waals surface area contributed by atoms with E-state index in [4.69, 9.17) is 11.6 Å². The molecule has 0 fully saturated rings. The van der Waals surface area contributed by atoms with Gasteiger partial charge in [-0.3, -0.25) is 9.59 Å². The van der Waals surface area contributed by atoms with Crippen LogP contribution >= 0.6 is 11.6 Å². The number of H-pyrrole nitrogens is 1. The van der Waals surface area contributed by atoms with Gasteiger partial charge in [0.25, 0.3) is 0 Å². The van der Waals surface area contributed by atoms with Gasteiger partial charge in [0, 0.05) is 33.4 Å². The molecule has 2 aromatic carbocycles. The molecule has 0 saturated carbocycles. The third kappa shape index (κ3) is 4.47. The summed E-state index contributed by atoms with van der Waals surface area (Å²) in [5.41, 5.74) is 0.812. The molecule has 3 aromatic rings. The first-order valence-electron chi connectivity index (χ1n) is 8.10. The predicted molar refractivity (Wildman–Crippen MR) is 102 cm³/mol. The smallest absolute Gasteiger partial charge is 0.360 e. The first-order chi connectivity index (χ1) is 13.7. The number of hydrogen-bond donors (Lipinski definition) is 2. The van der Waals surface area contributed by atoms with Crippen molar-refractivity contribution in [3.63, 3.8) is 0 Å². The van der Waals surface area contributed by atoms with E-state index in [0.29, 0.717) is 15.9 Å². The van der Waals surface area contributed by atoms with Gasteiger partial charge in [-0.05, 0) is 35.9 Å². The lowest BCUT2D eigenvalue weighted by Crippen LogP contribution is -2.29. The molecule has 2 N–H and O–H groups in total. The Bertz CT molecular complexity index is 1190. The number of ketones is 1. The Morgan fingerprint density at radius 3 is 2.62 bits per heavy atom. The summed E-state index contributed by atoms with van der Waals surface area (Å²) in [5, 5.41) is 12.2. The maximum atomic E-state index is 12.8. The Hall–Kier alpha value is -3.57. The first-order valence-corrected chi connectivity index (χ1v) is 8.48. The van der Waals surface area contributed by atoms with Gasteiger partial charge < -0.3 is 10.3 Å². The van der Waals surface area contributed by atoms with Crippen LogP contribution in [0.5, 0.6) is 0 Å². The Kier molecular flexibility index (Phi) is 5.43. The van der Waals surface area contributed by atoms with Crippen molar-refractivity contribution in [1.82, 2.24) is 4.98 Å². The van der Waals surface area contributed by atoms with Crippen LogP contribution in [0.2, 0.25) is 5.02 Å². The van der Waals surface area contributed by atoms with Crippen molar-refractivity contribution in [3.05, 3.63) is 70.4 Å². The van der Waals surface area contributed by atoms with Gasteiger partial charge >= 0.3 is 12.1 Å². The molecular formula is C20H11ClF3N3O2. The van der Waals surface area contributed by atoms with Gasteiger partial charge in [-0.25, -0.2) is 0 Å². The summed E-state index contributed by atoms with van der Waals surface area (Å²) in [6.45, 7) is 0. The second-order valence-electron chi connectivity index (χ2n) is 5.97. The molecule has 0 bridgehead atoms. The van der Waals surface area contributed by atoms with Crippen LogP contribution in [0.25, 0.3) is 17.0 Å². The average Bonchev–Trinajstić information content (AvgIpc) is 3.08. The van der Waals surface area contributed by atoms with E-state index in [1.807, 2.05) is 0 Å². The Morgan fingerprint density at radius 2 is 1.93 bits per heavy atom. The number of fused-ring (bicyclic) bond motifs is 1. The van der Waals surface area contributed by atoms with Crippen molar-refractivity contribution in [1.29, 1.82) is 5.26 Å². The number of carbonyl (C=O) groups excluding carboxylic acids is 2. The zero-order chi connectivity index (χ0) is 21.2. The number of amides is 1. The molecule has 0 aliphatic rings. The van der Waals surface area contributed by atoms with Crippen LogP contribution in [0.3, 0.4) is 0 Å². The molecular weight excluding hydrogens is 407 g/mol. The van der Waals surface area contributed by atoms with Crippen molar-refractivity contribution < 1.29 is 22.8 Å². The summed E-state index contributed by atoms with van der Waals surface area (Å²) >= 11 is 5.91. The third-order valence-electron chi connectivity index (χ3n) is 3.97. The summed E-state index contributed by atoms with van der Waals surface area (Å²) in [7, 11) is 0. The lowest BCUT2D eigenvalue weighted by molar-refractivity contribution is -0.167. The van der Waals surface area contributed by atoms with Crippen LogP contribution in [0, 0.1) is 11.3 Å². The minimum atomic E-state index is -5.03. The van der Waals surface area contributed by atoms with Crippen LogP contribution in [-0.4, -0.2) is 22.9 Å². The highest BCUT2D eigenvalue weighted by Crippen LogP contribution is 2.25. The fourth-order valence-corrected chi connectivity index (χ4v) is 2.83. The van der Waals surface area contributed by atoms with Gasteiger partial charge in [0.15, 0.2) is 0 Å². The number of alkyl halides is 3. The van der Waals surface area contributed by atoms with Crippen molar-refractivity contribution in [2.75, 3.05) is 5.32 Å². The highest BCUT2D eigenvalue weighted by Gasteiger charge is 2.38. The van der Waals surface area contributed by atoms with Gasteiger partial charge in [-0.15, -0.1) is 0 Å². The minimum absolute atomic E-state index is 0.118. The van der Waals surface area contributed by atoms with Gasteiger partial charge in [0.05, 0.1) is 0 Å². The standard InChI is InChI=1S/C20H11ClF3N3O2/c21-13-4-5-15-16(10-26-17(15)8-13)18(28)12(9-25)6-11-2-1-3-14(7-11)27-19(29)20(22,23)24/h1-8,10,26H,(H,27,29)/b12-6+. The quantitative estimate of drug-likeness (QED) is 0.351. The molecule has 1 amide bonds. The Morgan fingerprint density at radius 1 is 1.17 bits per heavy atom. The Labute approximate surface area is 167 Å². The molecule has 0 saturated heterocycles. The van der Waals surface area contributed by atoms with Gasteiger partial charge in [-0.1, -0.05) is 29.8 Å². The number of nitrogens with one attached hydrogen (secondary N) is 2. The zero-order valence-electron chi connectivity index (χ0n) is 14.5. The second-order valence-corrected chi connectivity index (χ2v) is 6.40. The molecule has 29 heavy (non-hydrogen) atoms. The van der Waals surface area contributed by atoms with E-state index in [1.165, 1.54) is 36.5 Å². The topological polar surface area (TPSA) is 85.8 Å². The average molecular weight is 418 g/mol. The van der Waals surface area contributed by atoms with Gasteiger partial charge in [0.1, 0.15) is 11.6 Å². The molecule has 0 radical (unpaired) electrons. The number of allylic oxidation sites excluding steroid dienone is 1. The van der Waals surface area contributed by atoms with Crippen molar-refractivity contribution in [3.8, 4) is 6.07 Å². The summed E-state index contributed by atoms with van der Waals surface area (Å²) in [4.78, 5) is 26.7. The lowest BCUT2D eigenvalue weighted by Gasteiger charge is -2.08. The fourth-order valence-electron chi connectivity index (χ4n) is 2.65. The van der Waals surface area contributed by atoms with E-state index in [2.05, 4.69) is 4.98 Å². The van der Waals surface area contributed by atoms with E-state index in [1.54, 1.807) is 29.6 Å². The van der Waals surface area contributed by atoms with Crippen LogP contribution in [-0.2, 0) is 4.79 Å². The largest absolute Gasteiger partial charge is 0.471 e. The number of benzene rings is 2. The minimum Gasteiger partial charge on any atom is -0.360 e. The predicted octanol–water partition coefficient (Wildman–Crippen LogP) is 5.11. The number of aromatic amines is 1. The van der Waals surface area contributed by atoms with E-state index in [0.717, 1.165) is 0 Å². The number of Topliss-reactive ketones (excluding diaryl/α,β-unsaturated/α-hetero) is 1. The van der Waals surface area contributed by atoms with Crippen LogP contribution in [0.1, 0.15) is 15.9 Å².